The van der Waals surface area contributed by atoms with Gasteiger partial charge in [-0.05, 0) is 24.7 Å². The van der Waals surface area contributed by atoms with Crippen LogP contribution in [-0.2, 0) is 16.1 Å². The number of nitrogens with one attached hydrogen (secondary N) is 1. The highest BCUT2D eigenvalue weighted by atomic mass is 16.5. The topological polar surface area (TPSA) is 78.9 Å². The van der Waals surface area contributed by atoms with Crippen molar-refractivity contribution in [1.82, 2.24) is 4.90 Å². The molecule has 1 aliphatic heterocycles. The van der Waals surface area contributed by atoms with Crippen molar-refractivity contribution in [2.75, 3.05) is 25.5 Å². The number of rotatable bonds is 4. The van der Waals surface area contributed by atoms with Gasteiger partial charge in [0.05, 0.1) is 25.3 Å². The summed E-state index contributed by atoms with van der Waals surface area (Å²) in [4.78, 5) is 23.7. The summed E-state index contributed by atoms with van der Waals surface area (Å²) in [5.41, 5.74) is 1.57. The third-order valence-electron chi connectivity index (χ3n) is 2.76. The molecule has 0 aliphatic carbocycles. The van der Waals surface area contributed by atoms with Crippen LogP contribution in [0.5, 0.6) is 5.75 Å². The van der Waals surface area contributed by atoms with Crippen molar-refractivity contribution in [3.63, 3.8) is 0 Å². The molecular formula is C13H16N2O4. The molecule has 1 amide bonds. The first-order valence-corrected chi connectivity index (χ1v) is 6.00. The van der Waals surface area contributed by atoms with Crippen LogP contribution in [0.25, 0.3) is 0 Å². The molecule has 0 atom stereocenters. The van der Waals surface area contributed by atoms with Crippen LogP contribution >= 0.6 is 0 Å². The number of amides is 1. The Morgan fingerprint density at radius 2 is 2.32 bits per heavy atom. The van der Waals surface area contributed by atoms with Gasteiger partial charge in [0.15, 0.2) is 0 Å². The number of carboxylic acids is 1. The first kappa shape index (κ1) is 13.4. The Kier molecular flexibility index (Phi) is 4.01. The van der Waals surface area contributed by atoms with Crippen molar-refractivity contribution in [1.29, 1.82) is 0 Å². The molecule has 1 aromatic rings. The average Bonchev–Trinajstić information content (AvgIpc) is 2.48. The summed E-state index contributed by atoms with van der Waals surface area (Å²) in [6, 6.07) is 5.48. The fraction of sp³-hybridized carbons (Fsp3) is 0.385. The molecule has 19 heavy (non-hydrogen) atoms. The first-order chi connectivity index (χ1) is 9.04. The molecule has 0 spiro atoms. The number of carbonyl (C=O) groups is 2. The number of likely N-dealkylation sites (N-methyl/N-ethyl adjacent to an activating group) is 1. The number of carboxylic acid groups (broad SMARTS) is 1. The van der Waals surface area contributed by atoms with E-state index in [2.05, 4.69) is 5.32 Å². The lowest BCUT2D eigenvalue weighted by atomic mass is 10.1. The Morgan fingerprint density at radius 3 is 3.05 bits per heavy atom. The number of nitrogens with zero attached hydrogens (tertiary/aromatic N) is 1. The Labute approximate surface area is 111 Å². The molecule has 0 bridgehead atoms. The van der Waals surface area contributed by atoms with E-state index in [1.807, 2.05) is 12.1 Å². The Balaban J connectivity index is 2.11. The van der Waals surface area contributed by atoms with Crippen molar-refractivity contribution in [2.24, 2.45) is 0 Å². The molecule has 1 aliphatic rings. The van der Waals surface area contributed by atoms with Crippen LogP contribution in [-0.4, -0.2) is 42.1 Å². The smallest absolute Gasteiger partial charge is 0.317 e. The van der Waals surface area contributed by atoms with E-state index in [0.29, 0.717) is 31.0 Å². The molecular weight excluding hydrogens is 248 g/mol. The minimum atomic E-state index is -0.867. The van der Waals surface area contributed by atoms with Gasteiger partial charge in [0.25, 0.3) is 0 Å². The Morgan fingerprint density at radius 1 is 1.53 bits per heavy atom. The Bertz CT molecular complexity index is 501. The van der Waals surface area contributed by atoms with Crippen LogP contribution in [0, 0.1) is 0 Å². The van der Waals surface area contributed by atoms with Crippen molar-refractivity contribution in [3.05, 3.63) is 23.8 Å². The standard InChI is InChI=1S/C13H16N2O4/c1-15(8-13(17)18)7-9-2-3-11-10(6-9)14-12(16)4-5-19-11/h2-3,6H,4-5,7-8H2,1H3,(H,14,16)(H,17,18). The van der Waals surface area contributed by atoms with Gasteiger partial charge in [0.2, 0.25) is 5.91 Å². The molecule has 0 radical (unpaired) electrons. The van der Waals surface area contributed by atoms with E-state index in [-0.39, 0.29) is 12.5 Å². The largest absolute Gasteiger partial charge is 0.491 e. The zero-order chi connectivity index (χ0) is 13.8. The summed E-state index contributed by atoms with van der Waals surface area (Å²) < 4.78 is 5.45. The van der Waals surface area contributed by atoms with Crippen molar-refractivity contribution >= 4 is 17.6 Å². The SMILES string of the molecule is CN(CC(=O)O)Cc1ccc2c(c1)NC(=O)CCO2. The quantitative estimate of drug-likeness (QED) is 0.845. The molecule has 102 valence electrons. The molecule has 1 heterocycles. The number of aliphatic carboxylic acids is 1. The van der Waals surface area contributed by atoms with Gasteiger partial charge in [-0.2, -0.15) is 0 Å². The summed E-state index contributed by atoms with van der Waals surface area (Å²) in [5.74, 6) is -0.292. The lowest BCUT2D eigenvalue weighted by Gasteiger charge is -2.15. The number of ether oxygens (including phenoxy) is 1. The fourth-order valence-electron chi connectivity index (χ4n) is 1.96. The summed E-state index contributed by atoms with van der Waals surface area (Å²) in [7, 11) is 1.73. The number of anilines is 1. The number of benzene rings is 1. The third kappa shape index (κ3) is 3.69. The van der Waals surface area contributed by atoms with Gasteiger partial charge in [-0.25, -0.2) is 0 Å². The summed E-state index contributed by atoms with van der Waals surface area (Å²) in [6.07, 6.45) is 0.336. The lowest BCUT2D eigenvalue weighted by Crippen LogP contribution is -2.25. The third-order valence-corrected chi connectivity index (χ3v) is 2.76. The van der Waals surface area contributed by atoms with Crippen LogP contribution in [0.15, 0.2) is 18.2 Å². The summed E-state index contributed by atoms with van der Waals surface area (Å²) >= 11 is 0. The molecule has 6 heteroatoms. The van der Waals surface area contributed by atoms with Gasteiger partial charge < -0.3 is 15.2 Å². The average molecular weight is 264 g/mol. The highest BCUT2D eigenvalue weighted by molar-refractivity contribution is 5.93. The van der Waals surface area contributed by atoms with E-state index >= 15 is 0 Å². The minimum absolute atomic E-state index is 0.0278. The van der Waals surface area contributed by atoms with E-state index in [1.165, 1.54) is 0 Å². The van der Waals surface area contributed by atoms with Gasteiger partial charge in [-0.1, -0.05) is 6.07 Å². The maximum absolute atomic E-state index is 11.4. The summed E-state index contributed by atoms with van der Waals surface area (Å²) in [5, 5.41) is 11.5. The maximum atomic E-state index is 11.4. The lowest BCUT2D eigenvalue weighted by molar-refractivity contribution is -0.138. The fourth-order valence-corrected chi connectivity index (χ4v) is 1.96. The van der Waals surface area contributed by atoms with Crippen LogP contribution in [0.2, 0.25) is 0 Å². The normalized spacial score (nSPS) is 14.3. The van der Waals surface area contributed by atoms with E-state index < -0.39 is 5.97 Å². The van der Waals surface area contributed by atoms with Gasteiger partial charge in [0.1, 0.15) is 5.75 Å². The minimum Gasteiger partial charge on any atom is -0.491 e. The molecule has 0 unspecified atom stereocenters. The van der Waals surface area contributed by atoms with Gasteiger partial charge >= 0.3 is 5.97 Å². The number of carbonyl (C=O) groups excluding carboxylic acids is 1. The second-order valence-corrected chi connectivity index (χ2v) is 4.54. The maximum Gasteiger partial charge on any atom is 0.317 e. The molecule has 0 fully saturated rings. The second-order valence-electron chi connectivity index (χ2n) is 4.54. The van der Waals surface area contributed by atoms with Crippen molar-refractivity contribution in [3.8, 4) is 5.75 Å². The molecule has 0 saturated heterocycles. The van der Waals surface area contributed by atoms with Gasteiger partial charge in [0, 0.05) is 6.54 Å². The van der Waals surface area contributed by atoms with E-state index in [4.69, 9.17) is 9.84 Å². The molecule has 6 nitrogen and oxygen atoms in total. The van der Waals surface area contributed by atoms with E-state index in [9.17, 15) is 9.59 Å². The molecule has 1 aromatic carbocycles. The number of hydrogen-bond acceptors (Lipinski definition) is 4. The molecule has 2 N–H and O–H groups in total. The molecule has 0 saturated carbocycles. The zero-order valence-corrected chi connectivity index (χ0v) is 10.7. The van der Waals surface area contributed by atoms with Crippen molar-refractivity contribution in [2.45, 2.75) is 13.0 Å². The zero-order valence-electron chi connectivity index (χ0n) is 10.7. The van der Waals surface area contributed by atoms with Gasteiger partial charge in [-0.15, -0.1) is 0 Å². The number of hydrogen-bond donors (Lipinski definition) is 2. The molecule has 0 aromatic heterocycles. The molecule has 2 rings (SSSR count). The second kappa shape index (κ2) is 5.71. The van der Waals surface area contributed by atoms with E-state index in [0.717, 1.165) is 5.56 Å². The van der Waals surface area contributed by atoms with Gasteiger partial charge in [-0.3, -0.25) is 14.5 Å². The van der Waals surface area contributed by atoms with Crippen LogP contribution in [0.3, 0.4) is 0 Å². The highest BCUT2D eigenvalue weighted by Gasteiger charge is 2.14. The first-order valence-electron chi connectivity index (χ1n) is 6.00. The predicted octanol–water partition coefficient (Wildman–Crippen LogP) is 0.924. The monoisotopic (exact) mass is 264 g/mol. The predicted molar refractivity (Wildman–Crippen MR) is 69.2 cm³/mol. The highest BCUT2D eigenvalue weighted by Crippen LogP contribution is 2.28. The van der Waals surface area contributed by atoms with Crippen LogP contribution in [0.4, 0.5) is 5.69 Å². The Hall–Kier alpha value is -2.08. The van der Waals surface area contributed by atoms with Crippen molar-refractivity contribution < 1.29 is 19.4 Å². The van der Waals surface area contributed by atoms with Crippen LogP contribution < -0.4 is 10.1 Å². The summed E-state index contributed by atoms with van der Waals surface area (Å²) in [6.45, 7) is 0.840. The van der Waals surface area contributed by atoms with E-state index in [1.54, 1.807) is 18.0 Å². The van der Waals surface area contributed by atoms with Crippen LogP contribution in [0.1, 0.15) is 12.0 Å². The number of fused-ring (bicyclic) bond motifs is 1.